The van der Waals surface area contributed by atoms with Crippen molar-refractivity contribution in [3.05, 3.63) is 62.9 Å². The third kappa shape index (κ3) is 9.02. The predicted octanol–water partition coefficient (Wildman–Crippen LogP) is 9.45. The van der Waals surface area contributed by atoms with Gasteiger partial charge in [-0.2, -0.15) is 0 Å². The lowest BCUT2D eigenvalue weighted by Crippen LogP contribution is -2.41. The molecule has 1 aromatic heterocycles. The molecule has 0 aliphatic heterocycles. The van der Waals surface area contributed by atoms with Gasteiger partial charge >= 0.3 is 5.97 Å². The summed E-state index contributed by atoms with van der Waals surface area (Å²) in [4.78, 5) is 12.2. The summed E-state index contributed by atoms with van der Waals surface area (Å²) in [6.07, 6.45) is 3.89. The normalized spacial score (nSPS) is 13.7. The molecule has 1 heterocycles. The van der Waals surface area contributed by atoms with Crippen LogP contribution in [0.2, 0.25) is 36.3 Å². The van der Waals surface area contributed by atoms with E-state index in [1.165, 1.54) is 28.3 Å². The topological polar surface area (TPSA) is 55.8 Å². The summed E-state index contributed by atoms with van der Waals surface area (Å²) in [5.41, 5.74) is 5.87. The number of aliphatic carboxylic acids is 1. The lowest BCUT2D eigenvalue weighted by molar-refractivity contribution is -0.131. The number of carboxylic acids is 1. The first-order valence-corrected chi connectivity index (χ1v) is 20.5. The molecule has 0 saturated carbocycles. The second kappa shape index (κ2) is 12.8. The monoisotopic (exact) mass is 574 g/mol. The highest BCUT2D eigenvalue weighted by atomic mass is 32.1. The average Bonchev–Trinajstić information content (AvgIpc) is 3.26. The van der Waals surface area contributed by atoms with Gasteiger partial charge in [0, 0.05) is 11.0 Å². The van der Waals surface area contributed by atoms with Gasteiger partial charge in [0.25, 0.3) is 0 Å². The maximum Gasteiger partial charge on any atom is 0.328 e. The number of hydrogen-bond donors (Lipinski definition) is 1. The Labute approximate surface area is 237 Å². The molecular formula is C31H50O4SSi2. The van der Waals surface area contributed by atoms with Crippen LogP contribution in [0.15, 0.2) is 35.7 Å². The molecule has 0 saturated heterocycles. The minimum absolute atomic E-state index is 0.158. The van der Waals surface area contributed by atoms with Crippen molar-refractivity contribution in [2.45, 2.75) is 117 Å². The minimum Gasteiger partial charge on any atom is -0.478 e. The molecular weight excluding hydrogens is 525 g/mol. The second-order valence-electron chi connectivity index (χ2n) is 13.4. The summed E-state index contributed by atoms with van der Waals surface area (Å²) in [5.74, 6) is -0.887. The predicted molar refractivity (Wildman–Crippen MR) is 168 cm³/mol. The number of allylic oxidation sites excluding steroid dienone is 1. The summed E-state index contributed by atoms with van der Waals surface area (Å²) >= 11 is 1.63. The van der Waals surface area contributed by atoms with E-state index in [1.807, 2.05) is 6.92 Å². The fourth-order valence-corrected chi connectivity index (χ4v) is 6.46. The quantitative estimate of drug-likeness (QED) is 0.203. The van der Waals surface area contributed by atoms with E-state index < -0.39 is 22.6 Å². The number of carboxylic acid groups (broad SMARTS) is 1. The van der Waals surface area contributed by atoms with Crippen molar-refractivity contribution >= 4 is 39.5 Å². The lowest BCUT2D eigenvalue weighted by Gasteiger charge is -2.37. The molecule has 38 heavy (non-hydrogen) atoms. The van der Waals surface area contributed by atoms with Crippen LogP contribution in [0.4, 0.5) is 0 Å². The molecule has 212 valence electrons. The summed E-state index contributed by atoms with van der Waals surface area (Å²) < 4.78 is 13.3. The van der Waals surface area contributed by atoms with Crippen molar-refractivity contribution in [2.75, 3.05) is 0 Å². The molecule has 0 atom stereocenters. The molecule has 1 N–H and O–H groups in total. The smallest absolute Gasteiger partial charge is 0.328 e. The first-order valence-electron chi connectivity index (χ1n) is 13.8. The van der Waals surface area contributed by atoms with Crippen LogP contribution in [0.25, 0.3) is 5.57 Å². The zero-order chi connectivity index (χ0) is 28.9. The van der Waals surface area contributed by atoms with Crippen molar-refractivity contribution in [1.82, 2.24) is 0 Å². The van der Waals surface area contributed by atoms with Gasteiger partial charge in [-0.15, -0.1) is 11.3 Å². The zero-order valence-corrected chi connectivity index (χ0v) is 28.4. The highest BCUT2D eigenvalue weighted by Gasteiger charge is 2.38. The van der Waals surface area contributed by atoms with Crippen LogP contribution in [-0.2, 0) is 39.7 Å². The Morgan fingerprint density at radius 2 is 1.39 bits per heavy atom. The highest BCUT2D eigenvalue weighted by molar-refractivity contribution is 7.11. The Morgan fingerprint density at radius 1 is 0.868 bits per heavy atom. The lowest BCUT2D eigenvalue weighted by atomic mass is 10.00. The molecule has 2 aromatic rings. The number of benzene rings is 1. The fourth-order valence-electron chi connectivity index (χ4n) is 3.52. The Balaban J connectivity index is 2.25. The van der Waals surface area contributed by atoms with Gasteiger partial charge in [-0.25, -0.2) is 4.79 Å². The number of carbonyl (C=O) groups is 1. The van der Waals surface area contributed by atoms with Gasteiger partial charge in [0.2, 0.25) is 0 Å². The van der Waals surface area contributed by atoms with E-state index in [1.54, 1.807) is 11.3 Å². The molecule has 0 spiro atoms. The van der Waals surface area contributed by atoms with Gasteiger partial charge in [0.05, 0.1) is 13.2 Å². The Kier molecular flexibility index (Phi) is 11.0. The summed E-state index contributed by atoms with van der Waals surface area (Å²) in [6, 6.07) is 8.92. The summed E-state index contributed by atoms with van der Waals surface area (Å²) in [7, 11) is -3.76. The van der Waals surface area contributed by atoms with Crippen molar-refractivity contribution < 1.29 is 18.8 Å². The third-order valence-electron chi connectivity index (χ3n) is 8.41. The van der Waals surface area contributed by atoms with Crippen molar-refractivity contribution in [3.8, 4) is 0 Å². The molecule has 7 heteroatoms. The molecule has 0 fully saturated rings. The van der Waals surface area contributed by atoms with Gasteiger partial charge in [-0.3, -0.25) is 0 Å². The van der Waals surface area contributed by atoms with Crippen molar-refractivity contribution in [2.24, 2.45) is 0 Å². The molecule has 0 bridgehead atoms. The van der Waals surface area contributed by atoms with E-state index >= 15 is 0 Å². The van der Waals surface area contributed by atoms with Gasteiger partial charge in [0.15, 0.2) is 16.6 Å². The molecule has 0 unspecified atom stereocenters. The zero-order valence-electron chi connectivity index (χ0n) is 25.6. The first-order chi connectivity index (χ1) is 17.4. The third-order valence-corrected chi connectivity index (χ3v) is 18.4. The van der Waals surface area contributed by atoms with Crippen LogP contribution >= 0.6 is 11.3 Å². The molecule has 1 aromatic carbocycles. The van der Waals surface area contributed by atoms with Gasteiger partial charge in [-0.1, -0.05) is 66.7 Å². The fraction of sp³-hybridized carbons (Fsp3) is 0.581. The van der Waals surface area contributed by atoms with Crippen LogP contribution in [0, 0.1) is 0 Å². The van der Waals surface area contributed by atoms with E-state index in [0.717, 1.165) is 23.3 Å². The second-order valence-corrected chi connectivity index (χ2v) is 23.9. The van der Waals surface area contributed by atoms with Crippen molar-refractivity contribution in [1.29, 1.82) is 0 Å². The molecule has 4 nitrogen and oxygen atoms in total. The van der Waals surface area contributed by atoms with Gasteiger partial charge in [0.1, 0.15) is 0 Å². The van der Waals surface area contributed by atoms with E-state index in [4.69, 9.17) is 14.0 Å². The average molecular weight is 575 g/mol. The van der Waals surface area contributed by atoms with E-state index in [9.17, 15) is 4.79 Å². The van der Waals surface area contributed by atoms with Crippen LogP contribution < -0.4 is 0 Å². The Morgan fingerprint density at radius 3 is 1.89 bits per heavy atom. The first kappa shape index (κ1) is 32.7. The molecule has 0 aliphatic carbocycles. The van der Waals surface area contributed by atoms with Gasteiger partial charge < -0.3 is 14.0 Å². The number of hydrogen-bond acceptors (Lipinski definition) is 4. The van der Waals surface area contributed by atoms with Crippen LogP contribution in [0.5, 0.6) is 0 Å². The van der Waals surface area contributed by atoms with Crippen LogP contribution in [0.3, 0.4) is 0 Å². The highest BCUT2D eigenvalue weighted by Crippen LogP contribution is 2.39. The minimum atomic E-state index is -1.89. The largest absolute Gasteiger partial charge is 0.478 e. The summed E-state index contributed by atoms with van der Waals surface area (Å²) in [6.45, 7) is 26.1. The number of thiophene rings is 1. The maximum absolute atomic E-state index is 11.2. The molecule has 0 aliphatic rings. The summed E-state index contributed by atoms with van der Waals surface area (Å²) in [5, 5.41) is 11.6. The molecule has 0 radical (unpaired) electrons. The Hall–Kier alpha value is -1.52. The molecule has 0 amide bonds. The van der Waals surface area contributed by atoms with Crippen molar-refractivity contribution in [3.63, 3.8) is 0 Å². The number of rotatable bonds is 12. The number of aryl methyl sites for hydroxylation is 2. The SMILES string of the molecule is CC/C(=C/C(=O)O)c1cc(CCc2ccc(CO[Si](C)(C)C(C)(C)C)c(CO[Si](C)(C)C(C)(C)C)c2)cs1. The molecule has 2 rings (SSSR count). The van der Waals surface area contributed by atoms with Crippen LogP contribution in [0.1, 0.15) is 82.0 Å². The van der Waals surface area contributed by atoms with E-state index in [0.29, 0.717) is 19.6 Å². The maximum atomic E-state index is 11.2. The van der Waals surface area contributed by atoms with E-state index in [2.05, 4.69) is 97.4 Å². The van der Waals surface area contributed by atoms with Crippen LogP contribution in [-0.4, -0.2) is 27.7 Å². The standard InChI is InChI=1S/C31H50O4SSi2/c1-12-25(19-29(32)33)28-18-24(22-36-28)14-13-23-15-16-26(20-34-37(8,9)30(2,3)4)27(17-23)21-35-38(10,11)31(5,6)7/h15-19,22H,12-14,20-21H2,1-11H3,(H,32,33)/b25-19-. The van der Waals surface area contributed by atoms with E-state index in [-0.39, 0.29) is 10.1 Å². The Bertz CT molecular complexity index is 1120. The van der Waals surface area contributed by atoms with Gasteiger partial charge in [-0.05, 0) is 94.8 Å².